The van der Waals surface area contributed by atoms with Crippen LogP contribution in [-0.2, 0) is 6.54 Å². The summed E-state index contributed by atoms with van der Waals surface area (Å²) in [7, 11) is 0. The number of halogens is 2. The van der Waals surface area contributed by atoms with E-state index in [1.807, 2.05) is 6.92 Å². The Labute approximate surface area is 126 Å². The van der Waals surface area contributed by atoms with Gasteiger partial charge < -0.3 is 10.1 Å². The second kappa shape index (κ2) is 10.6. The van der Waals surface area contributed by atoms with Gasteiger partial charge in [-0.25, -0.2) is 8.78 Å². The zero-order valence-electron chi connectivity index (χ0n) is 13.2. The summed E-state index contributed by atoms with van der Waals surface area (Å²) in [5, 5.41) is 3.04. The third-order valence-corrected chi connectivity index (χ3v) is 3.38. The van der Waals surface area contributed by atoms with Crippen molar-refractivity contribution in [3.05, 3.63) is 29.3 Å². The van der Waals surface area contributed by atoms with Gasteiger partial charge in [0.05, 0.1) is 6.61 Å². The van der Waals surface area contributed by atoms with Crippen LogP contribution in [-0.4, -0.2) is 13.2 Å². The molecule has 0 saturated carbocycles. The minimum absolute atomic E-state index is 0.246. The standard InChI is InChI=1S/C17H27F2NO/c1-3-5-6-7-8-9-10-21-17-15(18)11-14(12-16(17)19)13-20-4-2/h11-12,20H,3-10,13H2,1-2H3. The molecule has 120 valence electrons. The average Bonchev–Trinajstić information content (AvgIpc) is 2.46. The molecular formula is C17H27F2NO. The Bertz CT molecular complexity index is 387. The Morgan fingerprint density at radius 2 is 1.57 bits per heavy atom. The highest BCUT2D eigenvalue weighted by Crippen LogP contribution is 2.23. The van der Waals surface area contributed by atoms with Crippen molar-refractivity contribution in [3.8, 4) is 5.75 Å². The van der Waals surface area contributed by atoms with Crippen LogP contribution in [0.1, 0.15) is 57.9 Å². The first-order valence-electron chi connectivity index (χ1n) is 8.00. The molecule has 0 fully saturated rings. The molecule has 1 N–H and O–H groups in total. The molecule has 0 aromatic heterocycles. The summed E-state index contributed by atoms with van der Waals surface area (Å²) in [6.45, 7) is 5.72. The molecule has 1 aromatic carbocycles. The molecule has 0 spiro atoms. The van der Waals surface area contributed by atoms with E-state index in [1.54, 1.807) is 0 Å². The molecule has 0 aliphatic rings. The molecule has 4 heteroatoms. The van der Waals surface area contributed by atoms with Crippen molar-refractivity contribution in [2.75, 3.05) is 13.2 Å². The summed E-state index contributed by atoms with van der Waals surface area (Å²) in [4.78, 5) is 0. The Morgan fingerprint density at radius 3 is 2.19 bits per heavy atom. The molecule has 0 bridgehead atoms. The highest BCUT2D eigenvalue weighted by molar-refractivity contribution is 5.31. The molecular weight excluding hydrogens is 272 g/mol. The summed E-state index contributed by atoms with van der Waals surface area (Å²) < 4.78 is 32.9. The lowest BCUT2D eigenvalue weighted by molar-refractivity contribution is 0.274. The molecule has 0 heterocycles. The smallest absolute Gasteiger partial charge is 0.190 e. The minimum Gasteiger partial charge on any atom is -0.488 e. The third kappa shape index (κ3) is 6.89. The van der Waals surface area contributed by atoms with Gasteiger partial charge in [0.25, 0.3) is 0 Å². The maximum Gasteiger partial charge on any atom is 0.190 e. The second-order valence-electron chi connectivity index (χ2n) is 5.29. The summed E-state index contributed by atoms with van der Waals surface area (Å²) in [5.74, 6) is -1.48. The molecule has 0 saturated heterocycles. The van der Waals surface area contributed by atoms with E-state index in [2.05, 4.69) is 12.2 Å². The van der Waals surface area contributed by atoms with Gasteiger partial charge in [0.1, 0.15) is 0 Å². The van der Waals surface area contributed by atoms with Crippen LogP contribution >= 0.6 is 0 Å². The predicted octanol–water partition coefficient (Wildman–Crippen LogP) is 4.81. The SMILES string of the molecule is CCCCCCCCOc1c(F)cc(CNCC)cc1F. The summed E-state index contributed by atoms with van der Waals surface area (Å²) in [6, 6.07) is 2.67. The molecule has 0 aliphatic heterocycles. The number of hydrogen-bond acceptors (Lipinski definition) is 2. The van der Waals surface area contributed by atoms with Gasteiger partial charge in [0.2, 0.25) is 0 Å². The number of benzene rings is 1. The Hall–Kier alpha value is -1.16. The molecule has 0 atom stereocenters. The molecule has 1 aromatic rings. The van der Waals surface area contributed by atoms with Gasteiger partial charge in [-0.2, -0.15) is 0 Å². The van der Waals surface area contributed by atoms with E-state index < -0.39 is 11.6 Å². The summed E-state index contributed by atoms with van der Waals surface area (Å²) in [5.41, 5.74) is 0.596. The first-order chi connectivity index (χ1) is 10.2. The molecule has 0 aliphatic carbocycles. The van der Waals surface area contributed by atoms with Gasteiger partial charge in [0, 0.05) is 6.54 Å². The van der Waals surface area contributed by atoms with E-state index in [1.165, 1.54) is 31.4 Å². The van der Waals surface area contributed by atoms with Crippen molar-refractivity contribution in [1.82, 2.24) is 5.32 Å². The minimum atomic E-state index is -0.617. The average molecular weight is 299 g/mol. The fraction of sp³-hybridized carbons (Fsp3) is 0.647. The van der Waals surface area contributed by atoms with Crippen molar-refractivity contribution < 1.29 is 13.5 Å². The Kier molecular flexibility index (Phi) is 8.99. The van der Waals surface area contributed by atoms with Crippen molar-refractivity contribution in [3.63, 3.8) is 0 Å². The van der Waals surface area contributed by atoms with E-state index in [9.17, 15) is 8.78 Å². The summed E-state index contributed by atoms with van der Waals surface area (Å²) in [6.07, 6.45) is 6.72. The topological polar surface area (TPSA) is 21.3 Å². The quantitative estimate of drug-likeness (QED) is 0.592. The van der Waals surface area contributed by atoms with Crippen LogP contribution < -0.4 is 10.1 Å². The molecule has 0 amide bonds. The lowest BCUT2D eigenvalue weighted by Gasteiger charge is -2.10. The molecule has 0 radical (unpaired) electrons. The first-order valence-corrected chi connectivity index (χ1v) is 8.00. The van der Waals surface area contributed by atoms with Gasteiger partial charge in [-0.15, -0.1) is 0 Å². The van der Waals surface area contributed by atoms with Gasteiger partial charge in [0.15, 0.2) is 17.4 Å². The van der Waals surface area contributed by atoms with Crippen LogP contribution in [0.2, 0.25) is 0 Å². The molecule has 2 nitrogen and oxygen atoms in total. The highest BCUT2D eigenvalue weighted by Gasteiger charge is 2.12. The van der Waals surface area contributed by atoms with E-state index in [-0.39, 0.29) is 5.75 Å². The molecule has 0 unspecified atom stereocenters. The van der Waals surface area contributed by atoms with Crippen molar-refractivity contribution >= 4 is 0 Å². The summed E-state index contributed by atoms with van der Waals surface area (Å²) >= 11 is 0. The largest absolute Gasteiger partial charge is 0.488 e. The van der Waals surface area contributed by atoms with Gasteiger partial charge in [-0.1, -0.05) is 46.0 Å². The first kappa shape index (κ1) is 17.9. The lowest BCUT2D eigenvalue weighted by Crippen LogP contribution is -2.12. The van der Waals surface area contributed by atoms with E-state index >= 15 is 0 Å². The van der Waals surface area contributed by atoms with Crippen molar-refractivity contribution in [2.45, 2.75) is 58.9 Å². The van der Waals surface area contributed by atoms with Gasteiger partial charge in [-0.3, -0.25) is 0 Å². The van der Waals surface area contributed by atoms with Crippen LogP contribution in [0.5, 0.6) is 5.75 Å². The predicted molar refractivity (Wildman–Crippen MR) is 82.6 cm³/mol. The van der Waals surface area contributed by atoms with Crippen LogP contribution in [0.4, 0.5) is 8.78 Å². The maximum atomic E-state index is 13.8. The zero-order chi connectivity index (χ0) is 15.5. The highest BCUT2D eigenvalue weighted by atomic mass is 19.1. The Morgan fingerprint density at radius 1 is 0.952 bits per heavy atom. The molecule has 21 heavy (non-hydrogen) atoms. The van der Waals surface area contributed by atoms with Crippen LogP contribution in [0, 0.1) is 11.6 Å². The Balaban J connectivity index is 2.37. The lowest BCUT2D eigenvalue weighted by atomic mass is 10.1. The normalized spacial score (nSPS) is 10.9. The van der Waals surface area contributed by atoms with Crippen LogP contribution in [0.25, 0.3) is 0 Å². The second-order valence-corrected chi connectivity index (χ2v) is 5.29. The fourth-order valence-electron chi connectivity index (χ4n) is 2.18. The van der Waals surface area contributed by atoms with E-state index in [0.717, 1.165) is 25.8 Å². The number of unbranched alkanes of at least 4 members (excludes halogenated alkanes) is 5. The van der Waals surface area contributed by atoms with Crippen molar-refractivity contribution in [2.24, 2.45) is 0 Å². The zero-order valence-corrected chi connectivity index (χ0v) is 13.2. The van der Waals surface area contributed by atoms with E-state index in [4.69, 9.17) is 4.74 Å². The number of hydrogen-bond donors (Lipinski definition) is 1. The van der Waals surface area contributed by atoms with Gasteiger partial charge in [-0.05, 0) is 30.7 Å². The van der Waals surface area contributed by atoms with Crippen LogP contribution in [0.15, 0.2) is 12.1 Å². The van der Waals surface area contributed by atoms with E-state index in [0.29, 0.717) is 18.7 Å². The monoisotopic (exact) mass is 299 g/mol. The third-order valence-electron chi connectivity index (χ3n) is 3.38. The molecule has 1 rings (SSSR count). The fourth-order valence-corrected chi connectivity index (χ4v) is 2.18. The maximum absolute atomic E-state index is 13.8. The number of rotatable bonds is 11. The number of ether oxygens (including phenoxy) is 1. The van der Waals surface area contributed by atoms with Crippen molar-refractivity contribution in [1.29, 1.82) is 0 Å². The van der Waals surface area contributed by atoms with Crippen LogP contribution in [0.3, 0.4) is 0 Å². The van der Waals surface area contributed by atoms with Gasteiger partial charge >= 0.3 is 0 Å². The number of nitrogens with one attached hydrogen (secondary N) is 1.